The van der Waals surface area contributed by atoms with Gasteiger partial charge in [-0.15, -0.1) is 0 Å². The minimum absolute atomic E-state index is 0.0932. The Morgan fingerprint density at radius 2 is 1.88 bits per heavy atom. The highest BCUT2D eigenvalue weighted by Gasteiger charge is 2.20. The number of benzene rings is 1. The van der Waals surface area contributed by atoms with Gasteiger partial charge in [-0.25, -0.2) is 21.9 Å². The molecule has 0 radical (unpaired) electrons. The van der Waals surface area contributed by atoms with Gasteiger partial charge in [0.25, 0.3) is 0 Å². The highest BCUT2D eigenvalue weighted by atomic mass is 79.9. The fourth-order valence-corrected chi connectivity index (χ4v) is 2.51. The van der Waals surface area contributed by atoms with Crippen molar-refractivity contribution in [3.63, 3.8) is 0 Å². The van der Waals surface area contributed by atoms with Crippen molar-refractivity contribution in [2.24, 2.45) is 0 Å². The van der Waals surface area contributed by atoms with Crippen LogP contribution in [-0.4, -0.2) is 28.6 Å². The summed E-state index contributed by atoms with van der Waals surface area (Å²) in [4.78, 5) is -0.700. The lowest BCUT2D eigenvalue weighted by Gasteiger charge is -2.08. The molecule has 4 nitrogen and oxygen atoms in total. The molecule has 96 valence electrons. The highest BCUT2D eigenvalue weighted by Crippen LogP contribution is 2.22. The maximum absolute atomic E-state index is 13.4. The molecule has 0 amide bonds. The van der Waals surface area contributed by atoms with Crippen molar-refractivity contribution in [3.05, 3.63) is 28.2 Å². The molecule has 8 heteroatoms. The van der Waals surface area contributed by atoms with Gasteiger partial charge in [0, 0.05) is 13.1 Å². The van der Waals surface area contributed by atoms with E-state index in [1.807, 2.05) is 0 Å². The normalized spacial score (nSPS) is 11.8. The molecule has 0 aromatic heterocycles. The second-order valence-electron chi connectivity index (χ2n) is 3.20. The van der Waals surface area contributed by atoms with E-state index in [4.69, 9.17) is 0 Å². The topological polar surface area (TPSA) is 58.2 Å². The maximum Gasteiger partial charge on any atom is 0.243 e. The van der Waals surface area contributed by atoms with E-state index in [0.29, 0.717) is 12.6 Å². The SMILES string of the molecule is CNCCNS(=O)(=O)c1cc(F)c(Br)cc1F. The molecule has 0 heterocycles. The summed E-state index contributed by atoms with van der Waals surface area (Å²) in [5, 5.41) is 2.72. The van der Waals surface area contributed by atoms with Crippen LogP contribution in [0.5, 0.6) is 0 Å². The Morgan fingerprint density at radius 3 is 2.47 bits per heavy atom. The van der Waals surface area contributed by atoms with E-state index in [-0.39, 0.29) is 11.0 Å². The third-order valence-electron chi connectivity index (χ3n) is 1.93. The van der Waals surface area contributed by atoms with Gasteiger partial charge < -0.3 is 5.32 Å². The zero-order valence-corrected chi connectivity index (χ0v) is 11.3. The minimum atomic E-state index is -4.03. The van der Waals surface area contributed by atoms with Gasteiger partial charge in [0.15, 0.2) is 0 Å². The van der Waals surface area contributed by atoms with Crippen molar-refractivity contribution < 1.29 is 17.2 Å². The van der Waals surface area contributed by atoms with Gasteiger partial charge >= 0.3 is 0 Å². The average molecular weight is 329 g/mol. The Bertz CT molecular complexity index is 508. The third-order valence-corrected chi connectivity index (χ3v) is 4.02. The molecule has 0 aliphatic rings. The molecule has 0 saturated heterocycles. The van der Waals surface area contributed by atoms with Crippen LogP contribution in [0.2, 0.25) is 0 Å². The van der Waals surface area contributed by atoms with Crippen LogP contribution in [0.25, 0.3) is 0 Å². The molecular formula is C9H11BrF2N2O2S. The summed E-state index contributed by atoms with van der Waals surface area (Å²) < 4.78 is 51.9. The summed E-state index contributed by atoms with van der Waals surface area (Å²) in [7, 11) is -2.38. The van der Waals surface area contributed by atoms with Gasteiger partial charge in [0.1, 0.15) is 16.5 Å². The summed E-state index contributed by atoms with van der Waals surface area (Å²) in [6.45, 7) is 0.482. The fraction of sp³-hybridized carbons (Fsp3) is 0.333. The zero-order valence-electron chi connectivity index (χ0n) is 8.93. The van der Waals surface area contributed by atoms with E-state index in [1.165, 1.54) is 0 Å². The van der Waals surface area contributed by atoms with Crippen LogP contribution >= 0.6 is 15.9 Å². The third kappa shape index (κ3) is 3.70. The summed E-state index contributed by atoms with van der Waals surface area (Å²) in [5.41, 5.74) is 0. The molecule has 0 atom stereocenters. The summed E-state index contributed by atoms with van der Waals surface area (Å²) >= 11 is 2.77. The van der Waals surface area contributed by atoms with Gasteiger partial charge in [-0.3, -0.25) is 0 Å². The smallest absolute Gasteiger partial charge is 0.243 e. The number of sulfonamides is 1. The van der Waals surface area contributed by atoms with Crippen molar-refractivity contribution in [2.45, 2.75) is 4.90 Å². The molecule has 1 aromatic rings. The first-order valence-electron chi connectivity index (χ1n) is 4.67. The van der Waals surface area contributed by atoms with E-state index in [2.05, 4.69) is 26.0 Å². The molecule has 0 spiro atoms. The largest absolute Gasteiger partial charge is 0.318 e. The first kappa shape index (κ1) is 14.5. The summed E-state index contributed by atoms with van der Waals surface area (Å²) in [6, 6.07) is 1.42. The Labute approximate surface area is 107 Å². The number of rotatable bonds is 5. The van der Waals surface area contributed by atoms with Crippen LogP contribution in [0.1, 0.15) is 0 Å². The molecule has 0 unspecified atom stereocenters. The number of likely N-dealkylation sites (N-methyl/N-ethyl adjacent to an activating group) is 1. The van der Waals surface area contributed by atoms with Crippen molar-refractivity contribution in [3.8, 4) is 0 Å². The molecular weight excluding hydrogens is 318 g/mol. The Kier molecular flexibility index (Phi) is 4.99. The summed E-state index contributed by atoms with van der Waals surface area (Å²) in [6.07, 6.45) is 0. The molecule has 1 aromatic carbocycles. The van der Waals surface area contributed by atoms with E-state index in [0.717, 1.165) is 6.07 Å². The minimum Gasteiger partial charge on any atom is -0.318 e. The number of hydrogen-bond acceptors (Lipinski definition) is 3. The molecule has 0 aliphatic heterocycles. The molecule has 0 bridgehead atoms. The van der Waals surface area contributed by atoms with Crippen LogP contribution in [0.3, 0.4) is 0 Å². The van der Waals surface area contributed by atoms with Gasteiger partial charge in [0.05, 0.1) is 4.47 Å². The number of halogens is 3. The van der Waals surface area contributed by atoms with Crippen molar-refractivity contribution in [2.75, 3.05) is 20.1 Å². The first-order valence-corrected chi connectivity index (χ1v) is 6.95. The van der Waals surface area contributed by atoms with Crippen LogP contribution in [0.15, 0.2) is 21.5 Å². The lowest BCUT2D eigenvalue weighted by atomic mass is 10.3. The molecule has 0 saturated carbocycles. The van der Waals surface area contributed by atoms with Crippen molar-refractivity contribution in [1.29, 1.82) is 0 Å². The predicted molar refractivity (Wildman–Crippen MR) is 63.2 cm³/mol. The predicted octanol–water partition coefficient (Wildman–Crippen LogP) is 1.22. The summed E-state index contributed by atoms with van der Waals surface area (Å²) in [5.74, 6) is -1.84. The first-order chi connectivity index (χ1) is 7.88. The monoisotopic (exact) mass is 328 g/mol. The number of hydrogen-bond donors (Lipinski definition) is 2. The van der Waals surface area contributed by atoms with Gasteiger partial charge in [-0.1, -0.05) is 0 Å². The average Bonchev–Trinajstić information content (AvgIpc) is 2.23. The lowest BCUT2D eigenvalue weighted by Crippen LogP contribution is -2.31. The molecule has 2 N–H and O–H groups in total. The second-order valence-corrected chi connectivity index (χ2v) is 5.79. The van der Waals surface area contributed by atoms with Crippen molar-refractivity contribution in [1.82, 2.24) is 10.0 Å². The van der Waals surface area contributed by atoms with E-state index in [9.17, 15) is 17.2 Å². The number of nitrogens with one attached hydrogen (secondary N) is 2. The Hall–Kier alpha value is -0.570. The van der Waals surface area contributed by atoms with Crippen LogP contribution in [0, 0.1) is 11.6 Å². The van der Waals surface area contributed by atoms with E-state index < -0.39 is 26.6 Å². The standard InChI is InChI=1S/C9H11BrF2N2O2S/c1-13-2-3-14-17(15,16)9-5-7(11)6(10)4-8(9)12/h4-5,13-14H,2-3H2,1H3. The van der Waals surface area contributed by atoms with Crippen molar-refractivity contribution >= 4 is 26.0 Å². The van der Waals surface area contributed by atoms with E-state index >= 15 is 0 Å². The maximum atomic E-state index is 13.4. The van der Waals surface area contributed by atoms with Gasteiger partial charge in [-0.2, -0.15) is 0 Å². The van der Waals surface area contributed by atoms with Gasteiger partial charge in [-0.05, 0) is 35.1 Å². The fourth-order valence-electron chi connectivity index (χ4n) is 1.10. The lowest BCUT2D eigenvalue weighted by molar-refractivity contribution is 0.543. The van der Waals surface area contributed by atoms with E-state index in [1.54, 1.807) is 7.05 Å². The Morgan fingerprint density at radius 1 is 1.24 bits per heavy atom. The second kappa shape index (κ2) is 5.85. The Balaban J connectivity index is 3.03. The molecule has 0 aliphatic carbocycles. The van der Waals surface area contributed by atoms with Crippen LogP contribution in [0.4, 0.5) is 8.78 Å². The molecule has 1 rings (SSSR count). The molecule has 17 heavy (non-hydrogen) atoms. The van der Waals surface area contributed by atoms with Crippen LogP contribution < -0.4 is 10.0 Å². The zero-order chi connectivity index (χ0) is 13.1. The quantitative estimate of drug-likeness (QED) is 0.631. The highest BCUT2D eigenvalue weighted by molar-refractivity contribution is 9.10. The van der Waals surface area contributed by atoms with Crippen LogP contribution in [-0.2, 0) is 10.0 Å². The molecule has 0 fully saturated rings. The van der Waals surface area contributed by atoms with Gasteiger partial charge in [0.2, 0.25) is 10.0 Å².